The van der Waals surface area contributed by atoms with Crippen molar-refractivity contribution in [3.8, 4) is 0 Å². The highest BCUT2D eigenvalue weighted by Gasteiger charge is 2.35. The van der Waals surface area contributed by atoms with E-state index in [1.807, 2.05) is 13.8 Å². The molecule has 0 bridgehead atoms. The van der Waals surface area contributed by atoms with Crippen molar-refractivity contribution in [3.63, 3.8) is 0 Å². The van der Waals surface area contributed by atoms with Gasteiger partial charge in [0.15, 0.2) is 16.9 Å². The third-order valence-electron chi connectivity index (χ3n) is 16.4. The molecule has 0 fully saturated rings. The van der Waals surface area contributed by atoms with Gasteiger partial charge in [0.05, 0.1) is 115 Å². The van der Waals surface area contributed by atoms with Crippen LogP contribution in [-0.2, 0) is 175 Å². The van der Waals surface area contributed by atoms with E-state index in [0.717, 1.165) is 28.2 Å². The van der Waals surface area contributed by atoms with Crippen LogP contribution in [0.15, 0.2) is 50.1 Å². The third-order valence-corrected chi connectivity index (χ3v) is 22.3. The van der Waals surface area contributed by atoms with Crippen LogP contribution in [0, 0.1) is 27.7 Å². The van der Waals surface area contributed by atoms with Crippen LogP contribution in [0.25, 0.3) is 22.5 Å². The summed E-state index contributed by atoms with van der Waals surface area (Å²) in [6, 6.07) is 0. The fourth-order valence-corrected chi connectivity index (χ4v) is 14.6. The molecule has 0 aliphatic rings. The van der Waals surface area contributed by atoms with Gasteiger partial charge in [-0.15, -0.1) is 0 Å². The molecule has 4 unspecified atom stereocenters. The molecule has 8 rings (SSSR count). The van der Waals surface area contributed by atoms with Gasteiger partial charge in [0.25, 0.3) is 0 Å². The number of hydrogen-bond acceptors (Lipinski definition) is 52. The maximum atomic E-state index is 13.7. The summed E-state index contributed by atoms with van der Waals surface area (Å²) in [7, 11) is -16.3. The molecule has 4 atom stereocenters. The van der Waals surface area contributed by atoms with E-state index in [-0.39, 0.29) is 6.42 Å². The van der Waals surface area contributed by atoms with E-state index in [4.69, 9.17) is 121 Å². The summed E-state index contributed by atoms with van der Waals surface area (Å²) < 4.78 is 212. The zero-order valence-corrected chi connectivity index (χ0v) is 85.8. The highest BCUT2D eigenvalue weighted by atomic mass is 31.2. The second kappa shape index (κ2) is 60.9. The Labute approximate surface area is 809 Å². The highest BCUT2D eigenvalue weighted by molar-refractivity contribution is 7.54. The van der Waals surface area contributed by atoms with Gasteiger partial charge >= 0.3 is 79.6 Å². The van der Waals surface area contributed by atoms with Gasteiger partial charge in [-0.25, -0.2) is 101 Å². The molecule has 0 saturated heterocycles. The van der Waals surface area contributed by atoms with E-state index in [1.165, 1.54) is 36.0 Å². The second-order valence-electron chi connectivity index (χ2n) is 31.4. The fraction of sp³-hybridized carbons (Fsp3) is 0.650. The molecule has 61 heteroatoms. The number of hydrogen-bond donors (Lipinski definition) is 0. The van der Waals surface area contributed by atoms with Gasteiger partial charge in [0, 0.05) is 36.8 Å². The van der Waals surface area contributed by atoms with Gasteiger partial charge in [-0.3, -0.25) is 54.5 Å². The molecule has 0 radical (unpaired) electrons. The maximum Gasteiger partial charge on any atom is 0.510 e. The molecular formula is C80H123FN16O40P4. The van der Waals surface area contributed by atoms with Crippen molar-refractivity contribution in [2.45, 2.75) is 258 Å². The Hall–Kier alpha value is -11.3. The monoisotopic (exact) mass is 2090 g/mol. The molecule has 0 aliphatic carbocycles. The number of rotatable bonds is 53. The second-order valence-corrected chi connectivity index (χ2v) is 39.4. The average Bonchev–Trinajstić information content (AvgIpc) is 1.68. The molecular weight excluding hydrogens is 1970 g/mol. The number of carbonyl (C=O) groups excluding carboxylic acids is 8. The number of fused-ring (bicyclic) bond motifs is 4. The third kappa shape index (κ3) is 46.6. The minimum Gasteiger partial charge on any atom is -0.432 e. The summed E-state index contributed by atoms with van der Waals surface area (Å²) in [6.45, 7) is 31.4. The van der Waals surface area contributed by atoms with Crippen molar-refractivity contribution in [2.75, 3.05) is 86.4 Å². The van der Waals surface area contributed by atoms with E-state index in [9.17, 15) is 61.0 Å². The Kier molecular flexibility index (Phi) is 51.9. The Morgan fingerprint density at radius 2 is 0.589 bits per heavy atom. The number of alkyl halides is 1. The number of carbonyl (C=O) groups is 8. The number of imidazole rings is 2. The van der Waals surface area contributed by atoms with Crippen molar-refractivity contribution < 1.29 is 192 Å². The van der Waals surface area contributed by atoms with Crippen LogP contribution in [0.2, 0.25) is 0 Å². The molecule has 8 heterocycles. The summed E-state index contributed by atoms with van der Waals surface area (Å²) in [5, 5.41) is 16.8. The molecule has 0 aliphatic heterocycles. The molecule has 0 saturated carbocycles. The van der Waals surface area contributed by atoms with Crippen LogP contribution in [-0.4, -0.2) is 287 Å². The molecule has 0 aromatic carbocycles. The SMILES string of the molecule is Cc1ncnc2c(CC(C)OCP(=O)(OCOC(=O)OC(C)C)OCOC(=O)OC(C)C)cnn12.Cc1ncnc2c(CC(CF)OCP(=O)(OCOC(=O)OC(C)C)OCOC(=O)OC(C)C)cnn12.Cc1ncnn2c(CC(C)OCP(=O)(OCOC(=O)OC(C)C)OCOC(=O)OC(C)C)cnc12.Cc1ncnn2c(CC(C)OCP(=O)(OCOC(=O)OC(C)C)OCOC(=O)OC(C)C)ncc12. The molecule has 790 valence electrons. The van der Waals surface area contributed by atoms with Crippen molar-refractivity contribution in [1.82, 2.24) is 78.3 Å². The molecule has 141 heavy (non-hydrogen) atoms. The van der Waals surface area contributed by atoms with Crippen LogP contribution in [0.5, 0.6) is 0 Å². The van der Waals surface area contributed by atoms with Crippen LogP contribution in [0.3, 0.4) is 0 Å². The zero-order valence-electron chi connectivity index (χ0n) is 82.2. The van der Waals surface area contributed by atoms with Gasteiger partial charge < -0.3 is 94.7 Å². The molecule has 0 amide bonds. The number of aryl methyl sites for hydroxylation is 4. The normalized spacial score (nSPS) is 12.7. The minimum atomic E-state index is -4.21. The van der Waals surface area contributed by atoms with E-state index in [2.05, 4.69) is 69.7 Å². The first kappa shape index (κ1) is 120. The standard InChI is InChI=1S/C20H30FN4O10P.3C20H31N4O10P/c1-13(2)34-19(26)29-10-32-36(28,33-11-30-20(27)35-14(3)4)12-31-17(7-21)6-16-8-24-25-15(5)22-9-23-18(16)25;1-13(2)33-19(25)28-10-31-35(27,32-11-29-20(26)34-14(3)4)12-30-15(5)7-18-21-8-17-16(6)22-9-23-24(17)18;1-13(2)33-19(25)28-10-31-35(27,32-11-29-20(26)34-14(3)4)12-30-15(5)7-17-8-23-24-16(6)21-9-22-18(17)24;1-13(2)33-19(25)28-10-31-35(27,32-11-29-20(26)34-14(3)4)12-30-15(5)7-17-8-21-18-16(6)22-9-23-24(17)18/h8-9,13-14,17H,6-7,10-12H2,1-5H3;3*8-9,13-15H,7,10-12H2,1-6H3. The lowest BCUT2D eigenvalue weighted by molar-refractivity contribution is -0.0395. The Bertz CT molecular complexity index is 4920. The van der Waals surface area contributed by atoms with Crippen molar-refractivity contribution >= 4 is 102 Å². The summed E-state index contributed by atoms with van der Waals surface area (Å²) in [4.78, 5) is 126. The topological polar surface area (TPSA) is 636 Å². The summed E-state index contributed by atoms with van der Waals surface area (Å²) >= 11 is 0. The predicted octanol–water partition coefficient (Wildman–Crippen LogP) is 14.4. The smallest absolute Gasteiger partial charge is 0.432 e. The van der Waals surface area contributed by atoms with Gasteiger partial charge in [-0.05, 0) is 159 Å². The van der Waals surface area contributed by atoms with Gasteiger partial charge in [0.2, 0.25) is 54.3 Å². The van der Waals surface area contributed by atoms with Crippen molar-refractivity contribution in [2.24, 2.45) is 0 Å². The first-order valence-corrected chi connectivity index (χ1v) is 50.2. The van der Waals surface area contributed by atoms with Gasteiger partial charge in [-0.2, -0.15) is 20.4 Å². The number of ether oxygens (including phenoxy) is 20. The molecule has 56 nitrogen and oxygen atoms in total. The predicted molar refractivity (Wildman–Crippen MR) is 479 cm³/mol. The van der Waals surface area contributed by atoms with E-state index in [0.29, 0.717) is 59.2 Å². The van der Waals surface area contributed by atoms with Crippen molar-refractivity contribution in [1.29, 1.82) is 0 Å². The first-order chi connectivity index (χ1) is 66.5. The van der Waals surface area contributed by atoms with Crippen LogP contribution in [0.1, 0.15) is 177 Å². The van der Waals surface area contributed by atoms with Crippen LogP contribution in [0.4, 0.5) is 42.7 Å². The minimum absolute atomic E-state index is 0.0326. The summed E-state index contributed by atoms with van der Waals surface area (Å²) in [5.74, 6) is 1.87. The quantitative estimate of drug-likeness (QED) is 0.0148. The van der Waals surface area contributed by atoms with E-state index < -0.39 is 239 Å². The van der Waals surface area contributed by atoms with E-state index in [1.54, 1.807) is 178 Å². The van der Waals surface area contributed by atoms with Crippen LogP contribution < -0.4 is 0 Å². The number of halogens is 1. The average molecular weight is 2090 g/mol. The summed E-state index contributed by atoms with van der Waals surface area (Å²) in [5.41, 5.74) is 6.05. The van der Waals surface area contributed by atoms with E-state index >= 15 is 0 Å². The lowest BCUT2D eigenvalue weighted by Gasteiger charge is -2.21. The molecule has 8 aromatic rings. The van der Waals surface area contributed by atoms with Gasteiger partial charge in [-0.1, -0.05) is 0 Å². The lowest BCUT2D eigenvalue weighted by Crippen LogP contribution is -2.21. The Morgan fingerprint density at radius 1 is 0.298 bits per heavy atom. The Balaban J connectivity index is 0.000000331. The molecule has 8 aromatic heterocycles. The Morgan fingerprint density at radius 3 is 0.908 bits per heavy atom. The van der Waals surface area contributed by atoms with Crippen molar-refractivity contribution in [3.05, 3.63) is 95.8 Å². The summed E-state index contributed by atoms with van der Waals surface area (Å²) in [6.07, 6.45) is -3.25. The fourth-order valence-electron chi connectivity index (χ4n) is 10.3. The molecule has 0 N–H and O–H groups in total. The van der Waals surface area contributed by atoms with Crippen LogP contribution >= 0.6 is 30.4 Å². The lowest BCUT2D eigenvalue weighted by atomic mass is 10.1. The molecule has 0 spiro atoms. The van der Waals surface area contributed by atoms with Gasteiger partial charge in [0.1, 0.15) is 80.4 Å². The number of nitrogens with zero attached hydrogens (tertiary/aromatic N) is 16. The number of aromatic nitrogens is 16. The highest BCUT2D eigenvalue weighted by Crippen LogP contribution is 2.52. The zero-order chi connectivity index (χ0) is 105. The maximum absolute atomic E-state index is 13.7. The largest absolute Gasteiger partial charge is 0.510 e. The first-order valence-electron chi connectivity index (χ1n) is 43.3.